The second-order valence-corrected chi connectivity index (χ2v) is 7.14. The van der Waals surface area contributed by atoms with Crippen molar-refractivity contribution in [1.82, 2.24) is 10.1 Å². The van der Waals surface area contributed by atoms with Gasteiger partial charge >= 0.3 is 0 Å². The van der Waals surface area contributed by atoms with Crippen LogP contribution in [0.3, 0.4) is 0 Å². The Labute approximate surface area is 175 Å². The number of benzene rings is 2. The van der Waals surface area contributed by atoms with E-state index < -0.39 is 0 Å². The smallest absolute Gasteiger partial charge is 0.134 e. The predicted octanol–water partition coefficient (Wildman–Crippen LogP) is 5.53. The maximum Gasteiger partial charge on any atom is 0.134 e. The number of ether oxygens (including phenoxy) is 1. The van der Waals surface area contributed by atoms with Crippen molar-refractivity contribution >= 4 is 0 Å². The number of hydrogen-bond acceptors (Lipinski definition) is 5. The topological polar surface area (TPSA) is 71.9 Å². The van der Waals surface area contributed by atoms with Gasteiger partial charge in [-0.05, 0) is 48.7 Å². The van der Waals surface area contributed by atoms with Crippen molar-refractivity contribution < 1.29 is 9.26 Å². The third-order valence-electron chi connectivity index (χ3n) is 4.96. The first kappa shape index (κ1) is 19.6. The summed E-state index contributed by atoms with van der Waals surface area (Å²) in [4.78, 5) is 4.25. The Morgan fingerprint density at radius 2 is 1.87 bits per heavy atom. The van der Waals surface area contributed by atoms with Crippen LogP contribution in [0.4, 0.5) is 0 Å². The summed E-state index contributed by atoms with van der Waals surface area (Å²) in [5.41, 5.74) is 6.27. The molecule has 0 fully saturated rings. The fraction of sp³-hybridized carbons (Fsp3) is 0.160. The van der Waals surface area contributed by atoms with Crippen LogP contribution >= 0.6 is 0 Å². The van der Waals surface area contributed by atoms with Gasteiger partial charge in [-0.1, -0.05) is 41.6 Å². The van der Waals surface area contributed by atoms with Crippen molar-refractivity contribution in [1.29, 1.82) is 5.26 Å². The molecule has 0 saturated carbocycles. The van der Waals surface area contributed by atoms with Crippen LogP contribution in [-0.2, 0) is 11.3 Å². The lowest BCUT2D eigenvalue weighted by molar-refractivity contribution is 0.0627. The molecule has 148 valence electrons. The van der Waals surface area contributed by atoms with Crippen LogP contribution < -0.4 is 0 Å². The van der Waals surface area contributed by atoms with Crippen LogP contribution in [0.25, 0.3) is 11.1 Å². The van der Waals surface area contributed by atoms with Crippen molar-refractivity contribution in [3.8, 4) is 17.2 Å². The highest BCUT2D eigenvalue weighted by molar-refractivity contribution is 5.74. The highest BCUT2D eigenvalue weighted by atomic mass is 16.5. The number of nitrogens with zero attached hydrogens (tertiary/aromatic N) is 3. The number of nitriles is 1. The Balaban J connectivity index is 1.76. The summed E-state index contributed by atoms with van der Waals surface area (Å²) in [5.74, 6) is 0.742. The fourth-order valence-electron chi connectivity index (χ4n) is 3.49. The van der Waals surface area contributed by atoms with Crippen LogP contribution in [0.2, 0.25) is 0 Å². The summed E-state index contributed by atoms with van der Waals surface area (Å²) < 4.78 is 11.4. The lowest BCUT2D eigenvalue weighted by Crippen LogP contribution is -2.08. The van der Waals surface area contributed by atoms with Gasteiger partial charge in [-0.15, -0.1) is 0 Å². The molecule has 2 heterocycles. The van der Waals surface area contributed by atoms with E-state index in [0.717, 1.165) is 39.3 Å². The van der Waals surface area contributed by atoms with Gasteiger partial charge in [0.2, 0.25) is 0 Å². The van der Waals surface area contributed by atoms with E-state index in [2.05, 4.69) is 16.2 Å². The van der Waals surface area contributed by atoms with Crippen LogP contribution in [0.15, 0.2) is 77.6 Å². The van der Waals surface area contributed by atoms with E-state index in [1.54, 1.807) is 12.4 Å². The van der Waals surface area contributed by atoms with E-state index in [0.29, 0.717) is 12.2 Å². The molecule has 0 N–H and O–H groups in total. The maximum absolute atomic E-state index is 9.66. The Kier molecular flexibility index (Phi) is 5.69. The third kappa shape index (κ3) is 4.14. The molecular formula is C25H21N3O2. The van der Waals surface area contributed by atoms with E-state index in [1.165, 1.54) is 0 Å². The van der Waals surface area contributed by atoms with Gasteiger partial charge in [-0.2, -0.15) is 5.26 Å². The monoisotopic (exact) mass is 395 g/mol. The second kappa shape index (κ2) is 8.73. The molecule has 0 saturated heterocycles. The summed E-state index contributed by atoms with van der Waals surface area (Å²) in [5, 5.41) is 13.7. The van der Waals surface area contributed by atoms with Crippen molar-refractivity contribution in [2.24, 2.45) is 0 Å². The molecule has 0 aliphatic carbocycles. The van der Waals surface area contributed by atoms with E-state index in [9.17, 15) is 5.26 Å². The maximum atomic E-state index is 9.66. The molecule has 4 rings (SSSR count). The average molecular weight is 395 g/mol. The predicted molar refractivity (Wildman–Crippen MR) is 113 cm³/mol. The molecular weight excluding hydrogens is 374 g/mol. The first-order valence-electron chi connectivity index (χ1n) is 9.69. The molecule has 1 atom stereocenters. The zero-order chi connectivity index (χ0) is 20.9. The molecule has 1 unspecified atom stereocenters. The van der Waals surface area contributed by atoms with Gasteiger partial charge in [0.25, 0.3) is 0 Å². The summed E-state index contributed by atoms with van der Waals surface area (Å²) >= 11 is 0. The molecule has 30 heavy (non-hydrogen) atoms. The first-order chi connectivity index (χ1) is 14.7. The lowest BCUT2D eigenvalue weighted by Gasteiger charge is -2.20. The minimum atomic E-state index is -0.355. The number of pyridine rings is 1. The number of aromatic nitrogens is 2. The SMILES string of the molecule is Cc1cc(COC(c2cccnc2)c2ccc(C#N)c(-c3ccccc3C)c2)no1. The highest BCUT2D eigenvalue weighted by Gasteiger charge is 2.19. The van der Waals surface area contributed by atoms with Crippen molar-refractivity contribution in [2.45, 2.75) is 26.6 Å². The summed E-state index contributed by atoms with van der Waals surface area (Å²) in [6, 6.07) is 21.9. The van der Waals surface area contributed by atoms with Crippen molar-refractivity contribution in [2.75, 3.05) is 0 Å². The van der Waals surface area contributed by atoms with Gasteiger partial charge in [0.1, 0.15) is 17.6 Å². The zero-order valence-corrected chi connectivity index (χ0v) is 16.9. The minimum Gasteiger partial charge on any atom is -0.362 e. The number of hydrogen-bond donors (Lipinski definition) is 0. The van der Waals surface area contributed by atoms with Crippen LogP contribution in [0.5, 0.6) is 0 Å². The summed E-state index contributed by atoms with van der Waals surface area (Å²) in [6.07, 6.45) is 3.18. The Morgan fingerprint density at radius 1 is 1.00 bits per heavy atom. The molecule has 0 bridgehead atoms. The molecule has 0 aliphatic heterocycles. The van der Waals surface area contributed by atoms with Crippen LogP contribution in [0, 0.1) is 25.2 Å². The van der Waals surface area contributed by atoms with Gasteiger partial charge < -0.3 is 9.26 Å². The van der Waals surface area contributed by atoms with Gasteiger partial charge in [-0.3, -0.25) is 4.98 Å². The van der Waals surface area contributed by atoms with Crippen LogP contribution in [0.1, 0.15) is 39.8 Å². The lowest BCUT2D eigenvalue weighted by atomic mass is 9.92. The molecule has 2 aromatic carbocycles. The summed E-state index contributed by atoms with van der Waals surface area (Å²) in [6.45, 7) is 4.20. The normalized spacial score (nSPS) is 11.8. The molecule has 5 nitrogen and oxygen atoms in total. The molecule has 5 heteroatoms. The van der Waals surface area contributed by atoms with Gasteiger partial charge in [0.15, 0.2) is 0 Å². The number of aryl methyl sites for hydroxylation is 2. The molecule has 2 aromatic heterocycles. The molecule has 0 spiro atoms. The van der Waals surface area contributed by atoms with E-state index >= 15 is 0 Å². The molecule has 0 radical (unpaired) electrons. The van der Waals surface area contributed by atoms with Gasteiger partial charge in [0, 0.05) is 29.6 Å². The van der Waals surface area contributed by atoms with E-state index in [4.69, 9.17) is 9.26 Å². The third-order valence-corrected chi connectivity index (χ3v) is 4.96. The molecule has 0 aliphatic rings. The first-order valence-corrected chi connectivity index (χ1v) is 9.69. The van der Waals surface area contributed by atoms with Crippen LogP contribution in [-0.4, -0.2) is 10.1 Å². The molecule has 4 aromatic rings. The average Bonchev–Trinajstić information content (AvgIpc) is 3.20. The summed E-state index contributed by atoms with van der Waals surface area (Å²) in [7, 11) is 0. The zero-order valence-electron chi connectivity index (χ0n) is 16.9. The number of rotatable bonds is 6. The van der Waals surface area contributed by atoms with Gasteiger partial charge in [0.05, 0.1) is 18.2 Å². The second-order valence-electron chi connectivity index (χ2n) is 7.14. The van der Waals surface area contributed by atoms with Gasteiger partial charge in [-0.25, -0.2) is 0 Å². The largest absolute Gasteiger partial charge is 0.362 e. The van der Waals surface area contributed by atoms with Crippen molar-refractivity contribution in [3.63, 3.8) is 0 Å². The van der Waals surface area contributed by atoms with E-state index in [1.807, 2.05) is 74.5 Å². The minimum absolute atomic E-state index is 0.302. The molecule has 0 amide bonds. The standard InChI is InChI=1S/C25H21N3O2/c1-17-6-3-4-8-23(17)24-13-19(9-10-20(24)14-26)25(21-7-5-11-27-15-21)29-16-22-12-18(2)30-28-22/h3-13,15,25H,16H2,1-2H3. The fourth-order valence-corrected chi connectivity index (χ4v) is 3.49. The highest BCUT2D eigenvalue weighted by Crippen LogP contribution is 2.33. The Morgan fingerprint density at radius 3 is 2.57 bits per heavy atom. The van der Waals surface area contributed by atoms with Crippen molar-refractivity contribution in [3.05, 3.63) is 107 Å². The quantitative estimate of drug-likeness (QED) is 0.429. The Bertz CT molecular complexity index is 1190. The Hall–Kier alpha value is -3.75. The van der Waals surface area contributed by atoms with E-state index in [-0.39, 0.29) is 6.10 Å².